The number of rotatable bonds is 4. The van der Waals surface area contributed by atoms with Crippen LogP contribution in [0.2, 0.25) is 5.02 Å². The number of carbonyl (C=O) groups is 1. The van der Waals surface area contributed by atoms with Crippen molar-refractivity contribution in [2.75, 3.05) is 12.3 Å². The van der Waals surface area contributed by atoms with Crippen LogP contribution in [0, 0.1) is 0 Å². The first-order valence-corrected chi connectivity index (χ1v) is 5.63. The highest BCUT2D eigenvalue weighted by Crippen LogP contribution is 2.21. The Morgan fingerprint density at radius 3 is 3.06 bits per heavy atom. The number of nitrogens with two attached hydrogens (primary N) is 1. The maximum absolute atomic E-state index is 11.8. The van der Waals surface area contributed by atoms with Gasteiger partial charge in [-0.15, -0.1) is 0 Å². The third-order valence-electron chi connectivity index (χ3n) is 2.34. The van der Waals surface area contributed by atoms with Crippen molar-refractivity contribution >= 4 is 23.2 Å². The fraction of sp³-hybridized carbons (Fsp3) is 0.182. The largest absolute Gasteiger partial charge is 0.397 e. The summed E-state index contributed by atoms with van der Waals surface area (Å²) in [6.45, 7) is 0.393. The average Bonchev–Trinajstić information content (AvgIpc) is 2.85. The molecule has 1 aromatic carbocycles. The molecule has 0 aliphatic heterocycles. The number of hydrogen-bond donors (Lipinski definition) is 2. The molecule has 0 aliphatic rings. The Morgan fingerprint density at radius 1 is 1.50 bits per heavy atom. The zero-order chi connectivity index (χ0) is 13.0. The Kier molecular flexibility index (Phi) is 3.78. The Hall–Kier alpha value is -2.08. The van der Waals surface area contributed by atoms with Crippen molar-refractivity contribution in [3.05, 3.63) is 41.0 Å². The predicted octanol–water partition coefficient (Wildman–Crippen LogP) is 1.28. The molecule has 1 heterocycles. The number of hydrogen-bond acceptors (Lipinski definition) is 5. The summed E-state index contributed by atoms with van der Waals surface area (Å²) in [6, 6.07) is 4.92. The van der Waals surface area contributed by atoms with Crippen LogP contribution in [-0.4, -0.2) is 22.6 Å². The SMILES string of the molecule is Nc1c(Cl)cccc1C(=O)NCCc1ncon1. The van der Waals surface area contributed by atoms with Crippen LogP contribution in [0.4, 0.5) is 5.69 Å². The van der Waals surface area contributed by atoms with E-state index in [2.05, 4.69) is 20.0 Å². The topological polar surface area (TPSA) is 94.0 Å². The summed E-state index contributed by atoms with van der Waals surface area (Å²) in [4.78, 5) is 15.7. The maximum atomic E-state index is 11.8. The van der Waals surface area contributed by atoms with E-state index in [1.54, 1.807) is 18.2 Å². The normalized spacial score (nSPS) is 10.3. The first-order chi connectivity index (χ1) is 8.68. The van der Waals surface area contributed by atoms with Gasteiger partial charge in [0.25, 0.3) is 5.91 Å². The molecule has 7 heteroatoms. The molecule has 0 bridgehead atoms. The number of aromatic nitrogens is 2. The Balaban J connectivity index is 1.93. The van der Waals surface area contributed by atoms with Gasteiger partial charge in [0.15, 0.2) is 5.82 Å². The molecule has 2 rings (SSSR count). The lowest BCUT2D eigenvalue weighted by molar-refractivity contribution is 0.0955. The van der Waals surface area contributed by atoms with Crippen LogP contribution in [-0.2, 0) is 6.42 Å². The summed E-state index contributed by atoms with van der Waals surface area (Å²) in [5, 5.41) is 6.70. The monoisotopic (exact) mass is 266 g/mol. The Bertz CT molecular complexity index is 542. The van der Waals surface area contributed by atoms with Crippen molar-refractivity contribution in [1.29, 1.82) is 0 Å². The fourth-order valence-electron chi connectivity index (χ4n) is 1.42. The van der Waals surface area contributed by atoms with Gasteiger partial charge < -0.3 is 15.6 Å². The third-order valence-corrected chi connectivity index (χ3v) is 2.67. The Morgan fingerprint density at radius 2 is 2.33 bits per heavy atom. The lowest BCUT2D eigenvalue weighted by atomic mass is 10.1. The standard InChI is InChI=1S/C11H11ClN4O2/c12-8-3-1-2-7(10(8)13)11(17)14-5-4-9-15-6-18-16-9/h1-3,6H,4-5,13H2,(H,14,17). The number of para-hydroxylation sites is 1. The average molecular weight is 267 g/mol. The summed E-state index contributed by atoms with van der Waals surface area (Å²) in [6.07, 6.45) is 1.73. The van der Waals surface area contributed by atoms with Gasteiger partial charge >= 0.3 is 0 Å². The summed E-state index contributed by atoms with van der Waals surface area (Å²) in [7, 11) is 0. The van der Waals surface area contributed by atoms with E-state index in [9.17, 15) is 4.79 Å². The summed E-state index contributed by atoms with van der Waals surface area (Å²) in [5.41, 5.74) is 6.35. The van der Waals surface area contributed by atoms with Crippen LogP contribution in [0.15, 0.2) is 29.1 Å². The molecule has 3 N–H and O–H groups in total. The Labute approximate surface area is 108 Å². The summed E-state index contributed by atoms with van der Waals surface area (Å²) in [5.74, 6) is 0.257. The number of amides is 1. The first kappa shape index (κ1) is 12.4. The van der Waals surface area contributed by atoms with Gasteiger partial charge in [-0.05, 0) is 12.1 Å². The van der Waals surface area contributed by atoms with E-state index in [0.717, 1.165) is 0 Å². The highest BCUT2D eigenvalue weighted by atomic mass is 35.5. The summed E-state index contributed by atoms with van der Waals surface area (Å²) >= 11 is 5.84. The smallest absolute Gasteiger partial charge is 0.253 e. The molecular weight excluding hydrogens is 256 g/mol. The lowest BCUT2D eigenvalue weighted by Crippen LogP contribution is -2.26. The molecule has 6 nitrogen and oxygen atoms in total. The van der Waals surface area contributed by atoms with Crippen molar-refractivity contribution in [2.45, 2.75) is 6.42 Å². The first-order valence-electron chi connectivity index (χ1n) is 5.26. The molecule has 18 heavy (non-hydrogen) atoms. The van der Waals surface area contributed by atoms with E-state index in [-0.39, 0.29) is 11.6 Å². The minimum Gasteiger partial charge on any atom is -0.397 e. The van der Waals surface area contributed by atoms with Crippen molar-refractivity contribution < 1.29 is 9.32 Å². The van der Waals surface area contributed by atoms with Crippen LogP contribution >= 0.6 is 11.6 Å². The molecule has 0 atom stereocenters. The van der Waals surface area contributed by atoms with Gasteiger partial charge in [0.1, 0.15) is 0 Å². The molecule has 0 saturated heterocycles. The third kappa shape index (κ3) is 2.78. The van der Waals surface area contributed by atoms with Crippen molar-refractivity contribution in [1.82, 2.24) is 15.5 Å². The zero-order valence-electron chi connectivity index (χ0n) is 9.39. The van der Waals surface area contributed by atoms with Gasteiger partial charge in [0.2, 0.25) is 6.39 Å². The van der Waals surface area contributed by atoms with Gasteiger partial charge in [-0.2, -0.15) is 4.98 Å². The van der Waals surface area contributed by atoms with Gasteiger partial charge in [-0.1, -0.05) is 22.8 Å². The molecule has 0 aliphatic carbocycles. The molecule has 0 radical (unpaired) electrons. The highest BCUT2D eigenvalue weighted by molar-refractivity contribution is 6.33. The van der Waals surface area contributed by atoms with Gasteiger partial charge in [0.05, 0.1) is 16.3 Å². The van der Waals surface area contributed by atoms with Crippen molar-refractivity contribution in [3.8, 4) is 0 Å². The lowest BCUT2D eigenvalue weighted by Gasteiger charge is -2.07. The minimum atomic E-state index is -0.279. The van der Waals surface area contributed by atoms with Gasteiger partial charge in [-0.25, -0.2) is 0 Å². The van der Waals surface area contributed by atoms with Crippen LogP contribution in [0.25, 0.3) is 0 Å². The van der Waals surface area contributed by atoms with E-state index >= 15 is 0 Å². The minimum absolute atomic E-state index is 0.274. The molecule has 0 fully saturated rings. The molecule has 0 unspecified atom stereocenters. The molecule has 2 aromatic rings. The van der Waals surface area contributed by atoms with Crippen LogP contribution in [0.3, 0.4) is 0 Å². The van der Waals surface area contributed by atoms with E-state index < -0.39 is 0 Å². The number of benzene rings is 1. The van der Waals surface area contributed by atoms with E-state index in [1.807, 2.05) is 0 Å². The van der Waals surface area contributed by atoms with Crippen LogP contribution in [0.5, 0.6) is 0 Å². The predicted molar refractivity (Wildman–Crippen MR) is 66.2 cm³/mol. The number of nitrogen functional groups attached to an aromatic ring is 1. The second-order valence-corrected chi connectivity index (χ2v) is 3.96. The molecule has 0 spiro atoms. The maximum Gasteiger partial charge on any atom is 0.253 e. The highest BCUT2D eigenvalue weighted by Gasteiger charge is 2.11. The van der Waals surface area contributed by atoms with E-state index in [1.165, 1.54) is 6.39 Å². The second kappa shape index (κ2) is 5.50. The number of nitrogens with one attached hydrogen (secondary N) is 1. The molecular formula is C11H11ClN4O2. The van der Waals surface area contributed by atoms with Crippen LogP contribution in [0.1, 0.15) is 16.2 Å². The second-order valence-electron chi connectivity index (χ2n) is 3.55. The number of carbonyl (C=O) groups excluding carboxylic acids is 1. The molecule has 1 aromatic heterocycles. The molecule has 0 saturated carbocycles. The van der Waals surface area contributed by atoms with E-state index in [0.29, 0.717) is 29.4 Å². The van der Waals surface area contributed by atoms with Gasteiger partial charge in [0, 0.05) is 13.0 Å². The number of anilines is 1. The van der Waals surface area contributed by atoms with E-state index in [4.69, 9.17) is 17.3 Å². The van der Waals surface area contributed by atoms with Crippen molar-refractivity contribution in [3.63, 3.8) is 0 Å². The van der Waals surface area contributed by atoms with Crippen LogP contribution < -0.4 is 11.1 Å². The fourth-order valence-corrected chi connectivity index (χ4v) is 1.60. The van der Waals surface area contributed by atoms with Gasteiger partial charge in [-0.3, -0.25) is 4.79 Å². The number of halogens is 1. The quantitative estimate of drug-likeness (QED) is 0.813. The number of nitrogens with zero attached hydrogens (tertiary/aromatic N) is 2. The van der Waals surface area contributed by atoms with Crippen molar-refractivity contribution in [2.24, 2.45) is 0 Å². The zero-order valence-corrected chi connectivity index (χ0v) is 10.1. The molecule has 94 valence electrons. The molecule has 1 amide bonds. The summed E-state index contributed by atoms with van der Waals surface area (Å²) < 4.78 is 4.58.